The molecule has 0 bridgehead atoms. The first-order valence-electron chi connectivity index (χ1n) is 8.91. The molecule has 0 saturated heterocycles. The van der Waals surface area contributed by atoms with Gasteiger partial charge in [-0.3, -0.25) is 19.4 Å². The number of carbonyl (C=O) groups is 3. The zero-order chi connectivity index (χ0) is 20.3. The highest BCUT2D eigenvalue weighted by molar-refractivity contribution is 6.33. The molecule has 1 aliphatic carbocycles. The summed E-state index contributed by atoms with van der Waals surface area (Å²) < 4.78 is 1.65. The highest BCUT2D eigenvalue weighted by Crippen LogP contribution is 2.34. The fraction of sp³-hybridized carbons (Fsp3) is 0.389. The van der Waals surface area contributed by atoms with E-state index in [2.05, 4.69) is 20.6 Å². The van der Waals surface area contributed by atoms with E-state index in [1.807, 2.05) is 0 Å². The molecule has 0 aromatic carbocycles. The van der Waals surface area contributed by atoms with Gasteiger partial charge in [0.25, 0.3) is 11.8 Å². The number of rotatable bonds is 5. The van der Waals surface area contributed by atoms with E-state index < -0.39 is 11.8 Å². The first kappa shape index (κ1) is 19.8. The van der Waals surface area contributed by atoms with Crippen LogP contribution in [-0.2, 0) is 4.79 Å². The van der Waals surface area contributed by atoms with Gasteiger partial charge in [0.15, 0.2) is 5.69 Å². The van der Waals surface area contributed by atoms with Crippen molar-refractivity contribution in [1.29, 1.82) is 0 Å². The van der Waals surface area contributed by atoms with Crippen molar-refractivity contribution in [2.24, 2.45) is 11.7 Å². The van der Waals surface area contributed by atoms with Gasteiger partial charge in [0.05, 0.1) is 17.0 Å². The van der Waals surface area contributed by atoms with Crippen LogP contribution in [0.2, 0.25) is 5.02 Å². The molecule has 148 valence electrons. The Hall–Kier alpha value is -2.94. The monoisotopic (exact) mass is 404 g/mol. The minimum Gasteiger partial charge on any atom is -0.364 e. The fourth-order valence-electron chi connectivity index (χ4n) is 3.49. The van der Waals surface area contributed by atoms with Gasteiger partial charge in [-0.15, -0.1) is 0 Å². The van der Waals surface area contributed by atoms with Crippen LogP contribution in [0.3, 0.4) is 0 Å². The second kappa shape index (κ2) is 8.39. The summed E-state index contributed by atoms with van der Waals surface area (Å²) in [4.78, 5) is 44.3. The Morgan fingerprint density at radius 1 is 1.25 bits per heavy atom. The van der Waals surface area contributed by atoms with Crippen molar-refractivity contribution in [2.75, 3.05) is 12.4 Å². The molecule has 4 N–H and O–H groups in total. The highest BCUT2D eigenvalue weighted by atomic mass is 35.5. The van der Waals surface area contributed by atoms with Crippen molar-refractivity contribution >= 4 is 35.0 Å². The van der Waals surface area contributed by atoms with Crippen LogP contribution in [0.15, 0.2) is 24.8 Å². The average molecular weight is 405 g/mol. The summed E-state index contributed by atoms with van der Waals surface area (Å²) in [5, 5.41) is 5.67. The van der Waals surface area contributed by atoms with Gasteiger partial charge in [-0.05, 0) is 31.7 Å². The van der Waals surface area contributed by atoms with Gasteiger partial charge in [0.1, 0.15) is 5.69 Å². The molecule has 0 spiro atoms. The minimum atomic E-state index is -0.705. The third-order valence-electron chi connectivity index (χ3n) is 4.96. The molecule has 3 amide bonds. The molecule has 28 heavy (non-hydrogen) atoms. The fourth-order valence-corrected chi connectivity index (χ4v) is 3.66. The van der Waals surface area contributed by atoms with E-state index in [-0.39, 0.29) is 29.3 Å². The Balaban J connectivity index is 1.68. The molecular formula is C18H21ClN6O3. The number of imidazole rings is 1. The molecule has 0 radical (unpaired) electrons. The van der Waals surface area contributed by atoms with Crippen molar-refractivity contribution in [3.8, 4) is 0 Å². The second-order valence-electron chi connectivity index (χ2n) is 6.64. The van der Waals surface area contributed by atoms with E-state index in [1.54, 1.807) is 16.8 Å². The summed E-state index contributed by atoms with van der Waals surface area (Å²) in [6.45, 7) is 0. The lowest BCUT2D eigenvalue weighted by Gasteiger charge is -2.29. The molecule has 9 nitrogen and oxygen atoms in total. The molecule has 0 atom stereocenters. The van der Waals surface area contributed by atoms with Crippen LogP contribution < -0.4 is 16.4 Å². The van der Waals surface area contributed by atoms with Crippen molar-refractivity contribution in [1.82, 2.24) is 19.9 Å². The van der Waals surface area contributed by atoms with Crippen molar-refractivity contribution in [2.45, 2.75) is 31.7 Å². The van der Waals surface area contributed by atoms with Gasteiger partial charge >= 0.3 is 0 Å². The summed E-state index contributed by atoms with van der Waals surface area (Å²) in [6.07, 6.45) is 7.08. The molecule has 10 heteroatoms. The molecule has 1 saturated carbocycles. The first-order chi connectivity index (χ1) is 13.4. The predicted octanol–water partition coefficient (Wildman–Crippen LogP) is 1.76. The lowest BCUT2D eigenvalue weighted by Crippen LogP contribution is -2.30. The maximum Gasteiger partial charge on any atom is 0.272 e. The summed E-state index contributed by atoms with van der Waals surface area (Å²) in [7, 11) is 1.46. The van der Waals surface area contributed by atoms with Gasteiger partial charge in [0.2, 0.25) is 5.91 Å². The second-order valence-corrected chi connectivity index (χ2v) is 7.05. The molecule has 2 heterocycles. The third kappa shape index (κ3) is 3.99. The van der Waals surface area contributed by atoms with E-state index in [1.165, 1.54) is 19.6 Å². The molecule has 0 unspecified atom stereocenters. The molecule has 2 aromatic heterocycles. The quantitative estimate of drug-likeness (QED) is 0.698. The molecule has 3 rings (SSSR count). The number of aromatic nitrogens is 3. The Morgan fingerprint density at radius 2 is 1.96 bits per heavy atom. The van der Waals surface area contributed by atoms with Crippen molar-refractivity contribution in [3.63, 3.8) is 0 Å². The maximum atomic E-state index is 12.5. The molecule has 1 fully saturated rings. The van der Waals surface area contributed by atoms with Crippen LogP contribution in [0.1, 0.15) is 52.7 Å². The van der Waals surface area contributed by atoms with Gasteiger partial charge < -0.3 is 20.9 Å². The SMILES string of the molecule is CNC(=O)c1ncn(C2CCC(C(=O)Nc3ccncc3Cl)CC2)c1C(N)=O. The summed E-state index contributed by atoms with van der Waals surface area (Å²) in [6, 6.07) is 1.60. The number of amides is 3. The molecular weight excluding hydrogens is 384 g/mol. The topological polar surface area (TPSA) is 132 Å². The van der Waals surface area contributed by atoms with Crippen molar-refractivity contribution in [3.05, 3.63) is 41.2 Å². The molecule has 0 aliphatic heterocycles. The summed E-state index contributed by atoms with van der Waals surface area (Å²) in [5.41, 5.74) is 6.11. The van der Waals surface area contributed by atoms with Gasteiger partial charge in [0, 0.05) is 31.4 Å². The standard InChI is InChI=1S/C18H21ClN6O3/c1-21-18(28)14-15(16(20)26)25(9-23-14)11-4-2-10(3-5-11)17(27)24-13-6-7-22-8-12(13)19/h6-11H,2-5H2,1H3,(H2,20,26)(H,21,28)(H,22,24,27). The highest BCUT2D eigenvalue weighted by Gasteiger charge is 2.31. The van der Waals surface area contributed by atoms with E-state index in [9.17, 15) is 14.4 Å². The Morgan fingerprint density at radius 3 is 2.57 bits per heavy atom. The Bertz CT molecular complexity index is 904. The first-order valence-corrected chi connectivity index (χ1v) is 9.29. The average Bonchev–Trinajstić information content (AvgIpc) is 3.14. The van der Waals surface area contributed by atoms with Crippen LogP contribution in [0.4, 0.5) is 5.69 Å². The Kier molecular flexibility index (Phi) is 5.93. The van der Waals surface area contributed by atoms with Gasteiger partial charge in [-0.1, -0.05) is 11.6 Å². The van der Waals surface area contributed by atoms with Gasteiger partial charge in [-0.25, -0.2) is 4.98 Å². The smallest absolute Gasteiger partial charge is 0.272 e. The minimum absolute atomic E-state index is 0.0159. The number of nitrogens with one attached hydrogen (secondary N) is 2. The van der Waals surface area contributed by atoms with Crippen molar-refractivity contribution < 1.29 is 14.4 Å². The third-order valence-corrected chi connectivity index (χ3v) is 5.26. The van der Waals surface area contributed by atoms with Crippen LogP contribution >= 0.6 is 11.6 Å². The number of nitrogens with two attached hydrogens (primary N) is 1. The molecule has 1 aliphatic rings. The molecule has 2 aromatic rings. The number of nitrogens with zero attached hydrogens (tertiary/aromatic N) is 3. The number of hydrogen-bond acceptors (Lipinski definition) is 5. The number of primary amides is 1. The predicted molar refractivity (Wildman–Crippen MR) is 103 cm³/mol. The zero-order valence-electron chi connectivity index (χ0n) is 15.3. The normalized spacial score (nSPS) is 19.1. The summed E-state index contributed by atoms with van der Waals surface area (Å²) >= 11 is 6.03. The Labute approximate surface area is 166 Å². The number of pyridine rings is 1. The van der Waals surface area contributed by atoms with Crippen LogP contribution in [0, 0.1) is 5.92 Å². The summed E-state index contributed by atoms with van der Waals surface area (Å²) in [5.74, 6) is -1.43. The maximum absolute atomic E-state index is 12.5. The van der Waals surface area contributed by atoms with E-state index in [0.29, 0.717) is 36.4 Å². The lowest BCUT2D eigenvalue weighted by molar-refractivity contribution is -0.121. The number of carbonyl (C=O) groups excluding carboxylic acids is 3. The largest absolute Gasteiger partial charge is 0.364 e. The number of hydrogen-bond donors (Lipinski definition) is 3. The number of halogens is 1. The van der Waals surface area contributed by atoms with Gasteiger partial charge in [-0.2, -0.15) is 0 Å². The van der Waals surface area contributed by atoms with E-state index >= 15 is 0 Å². The van der Waals surface area contributed by atoms with Crippen LogP contribution in [0.25, 0.3) is 0 Å². The lowest BCUT2D eigenvalue weighted by atomic mass is 9.85. The van der Waals surface area contributed by atoms with E-state index in [4.69, 9.17) is 17.3 Å². The van der Waals surface area contributed by atoms with Crippen LogP contribution in [0.5, 0.6) is 0 Å². The van der Waals surface area contributed by atoms with E-state index in [0.717, 1.165) is 0 Å². The number of anilines is 1. The zero-order valence-corrected chi connectivity index (χ0v) is 16.1. The van der Waals surface area contributed by atoms with Crippen LogP contribution in [-0.4, -0.2) is 39.3 Å².